The molecular formula is C19H22N4O2. The molecule has 0 aliphatic heterocycles. The van der Waals surface area contributed by atoms with Crippen molar-refractivity contribution in [3.63, 3.8) is 0 Å². The number of amides is 2. The molecule has 0 radical (unpaired) electrons. The quantitative estimate of drug-likeness (QED) is 0.695. The number of hydrogen-bond acceptors (Lipinski definition) is 3. The van der Waals surface area contributed by atoms with Crippen LogP contribution in [-0.2, 0) is 17.8 Å². The summed E-state index contributed by atoms with van der Waals surface area (Å²) >= 11 is 0. The Balaban J connectivity index is 1.51. The lowest BCUT2D eigenvalue weighted by Gasteiger charge is -2.11. The van der Waals surface area contributed by atoms with Gasteiger partial charge < -0.3 is 19.8 Å². The average molecular weight is 338 g/mol. The van der Waals surface area contributed by atoms with Crippen LogP contribution in [0, 0.1) is 0 Å². The summed E-state index contributed by atoms with van der Waals surface area (Å²) in [5.74, 6) is 0. The number of urea groups is 1. The monoisotopic (exact) mass is 338 g/mol. The standard InChI is InChI=1S/C19H22N4O2/c1-2-25-14-15-7-3-4-8-17(15)22-19(24)20-11-10-16-13-23-12-6-5-9-18(23)21-16/h3-9,12-13H,2,10-11,14H2,1H3,(H2,20,22,24). The lowest BCUT2D eigenvalue weighted by atomic mass is 10.2. The van der Waals surface area contributed by atoms with E-state index in [-0.39, 0.29) is 6.03 Å². The maximum Gasteiger partial charge on any atom is 0.319 e. The number of fused-ring (bicyclic) bond motifs is 1. The largest absolute Gasteiger partial charge is 0.377 e. The van der Waals surface area contributed by atoms with Gasteiger partial charge in [0, 0.05) is 43.2 Å². The van der Waals surface area contributed by atoms with Crippen molar-refractivity contribution in [3.05, 3.63) is 66.1 Å². The number of rotatable bonds is 7. The summed E-state index contributed by atoms with van der Waals surface area (Å²) in [6.07, 6.45) is 4.61. The van der Waals surface area contributed by atoms with Crippen molar-refractivity contribution in [3.8, 4) is 0 Å². The molecule has 0 fully saturated rings. The molecule has 2 aromatic heterocycles. The van der Waals surface area contributed by atoms with Crippen LogP contribution >= 0.6 is 0 Å². The van der Waals surface area contributed by atoms with E-state index in [1.165, 1.54) is 0 Å². The molecule has 6 nitrogen and oxygen atoms in total. The SMILES string of the molecule is CCOCc1ccccc1NC(=O)NCCc1cn2ccccc2n1. The number of anilines is 1. The average Bonchev–Trinajstić information content (AvgIpc) is 3.03. The number of pyridine rings is 1. The highest BCUT2D eigenvalue weighted by molar-refractivity contribution is 5.90. The molecule has 6 heteroatoms. The predicted molar refractivity (Wildman–Crippen MR) is 97.7 cm³/mol. The first-order chi connectivity index (χ1) is 12.3. The first-order valence-corrected chi connectivity index (χ1v) is 8.39. The van der Waals surface area contributed by atoms with E-state index in [0.717, 1.165) is 22.6 Å². The predicted octanol–water partition coefficient (Wildman–Crippen LogP) is 3.24. The fourth-order valence-corrected chi connectivity index (χ4v) is 2.56. The van der Waals surface area contributed by atoms with Gasteiger partial charge in [-0.3, -0.25) is 0 Å². The van der Waals surface area contributed by atoms with Crippen molar-refractivity contribution < 1.29 is 9.53 Å². The van der Waals surface area contributed by atoms with Crippen LogP contribution in [0.15, 0.2) is 54.9 Å². The molecule has 1 aromatic carbocycles. The third-order valence-electron chi connectivity index (χ3n) is 3.81. The molecule has 0 atom stereocenters. The molecule has 0 aliphatic rings. The number of ether oxygens (including phenoxy) is 1. The van der Waals surface area contributed by atoms with E-state index in [1.807, 2.05) is 66.2 Å². The van der Waals surface area contributed by atoms with Crippen LogP contribution in [0.25, 0.3) is 5.65 Å². The van der Waals surface area contributed by atoms with Gasteiger partial charge in [-0.15, -0.1) is 0 Å². The summed E-state index contributed by atoms with van der Waals surface area (Å²) in [5.41, 5.74) is 3.58. The molecule has 130 valence electrons. The first kappa shape index (κ1) is 17.0. The first-order valence-electron chi connectivity index (χ1n) is 8.39. The fraction of sp³-hybridized carbons (Fsp3) is 0.263. The molecule has 0 aliphatic carbocycles. The Labute approximate surface area is 146 Å². The van der Waals surface area contributed by atoms with Crippen LogP contribution in [0.1, 0.15) is 18.2 Å². The smallest absolute Gasteiger partial charge is 0.319 e. The van der Waals surface area contributed by atoms with E-state index >= 15 is 0 Å². The number of nitrogens with one attached hydrogen (secondary N) is 2. The molecule has 3 rings (SSSR count). The molecule has 25 heavy (non-hydrogen) atoms. The zero-order chi connectivity index (χ0) is 17.5. The number of hydrogen-bond donors (Lipinski definition) is 2. The van der Waals surface area contributed by atoms with E-state index in [9.17, 15) is 4.79 Å². The maximum absolute atomic E-state index is 12.1. The molecule has 0 saturated heterocycles. The number of nitrogens with zero attached hydrogens (tertiary/aromatic N) is 2. The van der Waals surface area contributed by atoms with Gasteiger partial charge >= 0.3 is 6.03 Å². The highest BCUT2D eigenvalue weighted by Gasteiger charge is 2.07. The van der Waals surface area contributed by atoms with Gasteiger partial charge in [0.1, 0.15) is 5.65 Å². The Hall–Kier alpha value is -2.86. The number of carbonyl (C=O) groups is 1. The number of carbonyl (C=O) groups excluding carboxylic acids is 1. The topological polar surface area (TPSA) is 67.7 Å². The summed E-state index contributed by atoms with van der Waals surface area (Å²) in [7, 11) is 0. The summed E-state index contributed by atoms with van der Waals surface area (Å²) in [6.45, 7) is 3.58. The van der Waals surface area contributed by atoms with E-state index in [4.69, 9.17) is 4.74 Å². The molecule has 0 saturated carbocycles. The second-order valence-corrected chi connectivity index (χ2v) is 5.62. The maximum atomic E-state index is 12.1. The van der Waals surface area contributed by atoms with Crippen molar-refractivity contribution in [1.82, 2.24) is 14.7 Å². The van der Waals surface area contributed by atoms with Crippen molar-refractivity contribution in [2.45, 2.75) is 20.0 Å². The second kappa shape index (κ2) is 8.30. The van der Waals surface area contributed by atoms with E-state index < -0.39 is 0 Å². The number of aromatic nitrogens is 2. The summed E-state index contributed by atoms with van der Waals surface area (Å²) in [4.78, 5) is 16.6. The molecule has 3 aromatic rings. The zero-order valence-electron chi connectivity index (χ0n) is 14.2. The highest BCUT2D eigenvalue weighted by atomic mass is 16.5. The minimum Gasteiger partial charge on any atom is -0.377 e. The minimum absolute atomic E-state index is 0.229. The Morgan fingerprint density at radius 3 is 2.88 bits per heavy atom. The van der Waals surface area contributed by atoms with Crippen LogP contribution in [0.5, 0.6) is 0 Å². The minimum atomic E-state index is -0.229. The fourth-order valence-electron chi connectivity index (χ4n) is 2.56. The van der Waals surface area contributed by atoms with Gasteiger partial charge in [-0.2, -0.15) is 0 Å². The van der Waals surface area contributed by atoms with Crippen molar-refractivity contribution in [2.24, 2.45) is 0 Å². The molecule has 2 amide bonds. The van der Waals surface area contributed by atoms with E-state index in [2.05, 4.69) is 15.6 Å². The molecule has 0 bridgehead atoms. The van der Waals surface area contributed by atoms with Gasteiger partial charge in [0.2, 0.25) is 0 Å². The van der Waals surface area contributed by atoms with Crippen LogP contribution in [-0.4, -0.2) is 28.6 Å². The molecule has 0 unspecified atom stereocenters. The van der Waals surface area contributed by atoms with Crippen molar-refractivity contribution in [2.75, 3.05) is 18.5 Å². The zero-order valence-corrected chi connectivity index (χ0v) is 14.2. The second-order valence-electron chi connectivity index (χ2n) is 5.62. The van der Waals surface area contributed by atoms with Gasteiger partial charge in [0.05, 0.1) is 12.3 Å². The summed E-state index contributed by atoms with van der Waals surface area (Å²) in [5, 5.41) is 5.74. The van der Waals surface area contributed by atoms with Gasteiger partial charge in [0.25, 0.3) is 0 Å². The van der Waals surface area contributed by atoms with Gasteiger partial charge in [0.15, 0.2) is 0 Å². The molecule has 2 N–H and O–H groups in total. The molecular weight excluding hydrogens is 316 g/mol. The third-order valence-corrected chi connectivity index (χ3v) is 3.81. The summed E-state index contributed by atoms with van der Waals surface area (Å²) < 4.78 is 7.40. The van der Waals surface area contributed by atoms with Gasteiger partial charge in [-0.1, -0.05) is 24.3 Å². The summed E-state index contributed by atoms with van der Waals surface area (Å²) in [6, 6.07) is 13.3. The lowest BCUT2D eigenvalue weighted by Crippen LogP contribution is -2.30. The van der Waals surface area contributed by atoms with E-state index in [1.54, 1.807) is 0 Å². The van der Waals surface area contributed by atoms with Crippen LogP contribution in [0.4, 0.5) is 10.5 Å². The van der Waals surface area contributed by atoms with Gasteiger partial charge in [-0.05, 0) is 25.1 Å². The molecule has 0 spiro atoms. The Kier molecular flexibility index (Phi) is 5.64. The van der Waals surface area contributed by atoms with Gasteiger partial charge in [-0.25, -0.2) is 9.78 Å². The van der Waals surface area contributed by atoms with Crippen LogP contribution < -0.4 is 10.6 Å². The Morgan fingerprint density at radius 2 is 2.04 bits per heavy atom. The number of benzene rings is 1. The van der Waals surface area contributed by atoms with E-state index in [0.29, 0.717) is 26.2 Å². The van der Waals surface area contributed by atoms with Crippen LogP contribution in [0.2, 0.25) is 0 Å². The molecule has 2 heterocycles. The number of imidazole rings is 1. The third kappa shape index (κ3) is 4.58. The number of para-hydroxylation sites is 1. The van der Waals surface area contributed by atoms with Crippen molar-refractivity contribution >= 4 is 17.4 Å². The Bertz CT molecular complexity index is 811. The normalized spacial score (nSPS) is 10.8. The van der Waals surface area contributed by atoms with Crippen molar-refractivity contribution in [1.29, 1.82) is 0 Å². The Morgan fingerprint density at radius 1 is 1.20 bits per heavy atom. The highest BCUT2D eigenvalue weighted by Crippen LogP contribution is 2.15. The lowest BCUT2D eigenvalue weighted by molar-refractivity contribution is 0.134. The van der Waals surface area contributed by atoms with Crippen LogP contribution in [0.3, 0.4) is 0 Å².